The summed E-state index contributed by atoms with van der Waals surface area (Å²) in [6.45, 7) is 5.40. The average molecular weight is 363 g/mol. The summed E-state index contributed by atoms with van der Waals surface area (Å²) in [5.41, 5.74) is 1.32. The van der Waals surface area contributed by atoms with Gasteiger partial charge in [0, 0.05) is 4.47 Å². The van der Waals surface area contributed by atoms with E-state index in [2.05, 4.69) is 46.4 Å². The Bertz CT molecular complexity index is 394. The van der Waals surface area contributed by atoms with Crippen LogP contribution in [-0.4, -0.2) is 19.7 Å². The van der Waals surface area contributed by atoms with Crippen LogP contribution in [0.1, 0.15) is 38.2 Å². The highest BCUT2D eigenvalue weighted by Gasteiger charge is 2.13. The largest absolute Gasteiger partial charge is 0.493 e. The van der Waals surface area contributed by atoms with Gasteiger partial charge in [0.2, 0.25) is 0 Å². The van der Waals surface area contributed by atoms with Crippen LogP contribution in [-0.2, 0) is 6.42 Å². The molecule has 4 heteroatoms. The Hall–Kier alpha value is -0.250. The summed E-state index contributed by atoms with van der Waals surface area (Å²) < 4.78 is 7.15. The molecular weight excluding hydrogens is 338 g/mol. The minimum Gasteiger partial charge on any atom is -0.493 e. The van der Waals surface area contributed by atoms with Crippen molar-refractivity contribution in [3.05, 3.63) is 28.2 Å². The van der Waals surface area contributed by atoms with Crippen LogP contribution in [0.2, 0.25) is 0 Å². The third kappa shape index (κ3) is 5.63. The second-order valence-electron chi connectivity index (χ2n) is 5.33. The van der Waals surface area contributed by atoms with E-state index in [0.717, 1.165) is 35.6 Å². The maximum absolute atomic E-state index is 6.01. The van der Waals surface area contributed by atoms with Gasteiger partial charge in [0.15, 0.2) is 0 Å². The molecule has 0 saturated carbocycles. The summed E-state index contributed by atoms with van der Waals surface area (Å²) in [5, 5.41) is 3.41. The van der Waals surface area contributed by atoms with Crippen molar-refractivity contribution in [2.24, 2.45) is 5.92 Å². The number of aryl methyl sites for hydroxylation is 1. The molecule has 0 amide bonds. The molecule has 2 rings (SSSR count). The summed E-state index contributed by atoms with van der Waals surface area (Å²) in [7, 11) is 0. The van der Waals surface area contributed by atoms with Crippen molar-refractivity contribution in [2.45, 2.75) is 39.0 Å². The molecule has 1 heterocycles. The van der Waals surface area contributed by atoms with Gasteiger partial charge in [-0.25, -0.2) is 0 Å². The monoisotopic (exact) mass is 361 g/mol. The summed E-state index contributed by atoms with van der Waals surface area (Å²) >= 11 is 3.53. The first-order valence-electron chi connectivity index (χ1n) is 7.41. The molecule has 2 nitrogen and oxygen atoms in total. The average Bonchev–Trinajstić information content (AvgIpc) is 2.43. The van der Waals surface area contributed by atoms with Crippen LogP contribution < -0.4 is 10.1 Å². The Kier molecular flexibility index (Phi) is 8.58. The molecule has 1 aromatic carbocycles. The number of hydrogen-bond acceptors (Lipinski definition) is 2. The molecule has 1 aliphatic heterocycles. The molecule has 1 N–H and O–H groups in total. The lowest BCUT2D eigenvalue weighted by atomic mass is 9.95. The fourth-order valence-corrected chi connectivity index (χ4v) is 3.07. The van der Waals surface area contributed by atoms with Crippen LogP contribution in [0.3, 0.4) is 0 Å². The number of piperidine rings is 1. The van der Waals surface area contributed by atoms with E-state index in [9.17, 15) is 0 Å². The summed E-state index contributed by atoms with van der Waals surface area (Å²) in [6.07, 6.45) is 6.02. The van der Waals surface area contributed by atoms with Crippen LogP contribution in [0.4, 0.5) is 0 Å². The molecule has 114 valence electrons. The highest BCUT2D eigenvalue weighted by Crippen LogP contribution is 2.25. The molecular formula is C16H25BrClNO. The Labute approximate surface area is 137 Å². The van der Waals surface area contributed by atoms with Gasteiger partial charge in [-0.05, 0) is 68.5 Å². The van der Waals surface area contributed by atoms with Crippen molar-refractivity contribution >= 4 is 28.3 Å². The van der Waals surface area contributed by atoms with Crippen LogP contribution in [0.5, 0.6) is 5.75 Å². The van der Waals surface area contributed by atoms with Gasteiger partial charge in [0.25, 0.3) is 0 Å². The minimum atomic E-state index is 0. The Morgan fingerprint density at radius 2 is 2.05 bits per heavy atom. The van der Waals surface area contributed by atoms with E-state index in [0.29, 0.717) is 0 Å². The molecule has 0 aromatic heterocycles. The van der Waals surface area contributed by atoms with Crippen molar-refractivity contribution in [3.63, 3.8) is 0 Å². The quantitative estimate of drug-likeness (QED) is 0.799. The number of nitrogens with one attached hydrogen (secondary N) is 1. The second kappa shape index (κ2) is 9.64. The molecule has 0 atom stereocenters. The van der Waals surface area contributed by atoms with E-state index >= 15 is 0 Å². The zero-order chi connectivity index (χ0) is 13.5. The van der Waals surface area contributed by atoms with E-state index in [1.165, 1.54) is 37.9 Å². The fraction of sp³-hybridized carbons (Fsp3) is 0.625. The van der Waals surface area contributed by atoms with Gasteiger partial charge in [0.05, 0.1) is 6.61 Å². The molecule has 1 aromatic rings. The maximum Gasteiger partial charge on any atom is 0.122 e. The van der Waals surface area contributed by atoms with Crippen LogP contribution in [0.15, 0.2) is 22.7 Å². The minimum absolute atomic E-state index is 0. The Balaban J connectivity index is 0.00000200. The van der Waals surface area contributed by atoms with Crippen molar-refractivity contribution in [3.8, 4) is 5.75 Å². The second-order valence-corrected chi connectivity index (χ2v) is 6.25. The van der Waals surface area contributed by atoms with Crippen molar-refractivity contribution in [2.75, 3.05) is 19.7 Å². The number of ether oxygens (including phenoxy) is 1. The standard InChI is InChI=1S/C16H24BrNO.ClH/c1-2-3-14-12-15(17)4-5-16(14)19-11-8-13-6-9-18-10-7-13;/h4-5,12-13,18H,2-3,6-11H2,1H3;1H. The van der Waals surface area contributed by atoms with Crippen LogP contribution >= 0.6 is 28.3 Å². The van der Waals surface area contributed by atoms with Gasteiger partial charge in [0.1, 0.15) is 5.75 Å². The van der Waals surface area contributed by atoms with Crippen molar-refractivity contribution in [1.82, 2.24) is 5.32 Å². The normalized spacial score (nSPS) is 15.7. The molecule has 0 unspecified atom stereocenters. The zero-order valence-electron chi connectivity index (χ0n) is 12.2. The zero-order valence-corrected chi connectivity index (χ0v) is 14.6. The molecule has 20 heavy (non-hydrogen) atoms. The molecule has 0 spiro atoms. The van der Waals surface area contributed by atoms with Gasteiger partial charge in [-0.2, -0.15) is 0 Å². The first kappa shape index (κ1) is 17.8. The predicted molar refractivity (Wildman–Crippen MR) is 91.1 cm³/mol. The summed E-state index contributed by atoms with van der Waals surface area (Å²) in [6, 6.07) is 6.35. The van der Waals surface area contributed by atoms with Gasteiger partial charge < -0.3 is 10.1 Å². The van der Waals surface area contributed by atoms with Gasteiger partial charge >= 0.3 is 0 Å². The number of rotatable bonds is 6. The topological polar surface area (TPSA) is 21.3 Å². The smallest absolute Gasteiger partial charge is 0.122 e. The highest BCUT2D eigenvalue weighted by molar-refractivity contribution is 9.10. The number of halogens is 2. The first-order chi connectivity index (χ1) is 9.29. The number of benzene rings is 1. The van der Waals surface area contributed by atoms with E-state index < -0.39 is 0 Å². The molecule has 0 bridgehead atoms. The van der Waals surface area contributed by atoms with Crippen LogP contribution in [0.25, 0.3) is 0 Å². The van der Waals surface area contributed by atoms with E-state index in [1.807, 2.05) is 0 Å². The maximum atomic E-state index is 6.01. The SMILES string of the molecule is CCCc1cc(Br)ccc1OCCC1CCNCC1.Cl. The lowest BCUT2D eigenvalue weighted by Crippen LogP contribution is -2.28. The van der Waals surface area contributed by atoms with E-state index in [1.54, 1.807) is 0 Å². The van der Waals surface area contributed by atoms with E-state index in [-0.39, 0.29) is 12.4 Å². The molecule has 1 saturated heterocycles. The van der Waals surface area contributed by atoms with Crippen molar-refractivity contribution in [1.29, 1.82) is 0 Å². The molecule has 0 radical (unpaired) electrons. The number of hydrogen-bond donors (Lipinski definition) is 1. The third-order valence-corrected chi connectivity index (χ3v) is 4.28. The van der Waals surface area contributed by atoms with E-state index in [4.69, 9.17) is 4.74 Å². The lowest BCUT2D eigenvalue weighted by Gasteiger charge is -2.22. The van der Waals surface area contributed by atoms with Gasteiger partial charge in [-0.15, -0.1) is 12.4 Å². The van der Waals surface area contributed by atoms with Gasteiger partial charge in [-0.3, -0.25) is 0 Å². The Morgan fingerprint density at radius 3 is 2.75 bits per heavy atom. The lowest BCUT2D eigenvalue weighted by molar-refractivity contribution is 0.250. The Morgan fingerprint density at radius 1 is 1.30 bits per heavy atom. The van der Waals surface area contributed by atoms with Crippen molar-refractivity contribution < 1.29 is 4.74 Å². The fourth-order valence-electron chi connectivity index (χ4n) is 2.66. The predicted octanol–water partition coefficient (Wildman–Crippen LogP) is 4.59. The molecule has 1 aliphatic rings. The summed E-state index contributed by atoms with van der Waals surface area (Å²) in [4.78, 5) is 0. The molecule has 0 aliphatic carbocycles. The third-order valence-electron chi connectivity index (χ3n) is 3.78. The van der Waals surface area contributed by atoms with Crippen LogP contribution in [0, 0.1) is 5.92 Å². The highest BCUT2D eigenvalue weighted by atomic mass is 79.9. The first-order valence-corrected chi connectivity index (χ1v) is 8.21. The molecule has 1 fully saturated rings. The van der Waals surface area contributed by atoms with Gasteiger partial charge in [-0.1, -0.05) is 29.3 Å². The summed E-state index contributed by atoms with van der Waals surface area (Å²) in [5.74, 6) is 1.91.